The van der Waals surface area contributed by atoms with Gasteiger partial charge >= 0.3 is 0 Å². The summed E-state index contributed by atoms with van der Waals surface area (Å²) in [5.74, 6) is 0.352. The molecule has 0 radical (unpaired) electrons. The zero-order valence-corrected chi connectivity index (χ0v) is 11.0. The first-order chi connectivity index (χ1) is 8.63. The molecule has 1 aromatic rings. The summed E-state index contributed by atoms with van der Waals surface area (Å²) in [7, 11) is 1.84. The summed E-state index contributed by atoms with van der Waals surface area (Å²) in [4.78, 5) is 22.3. The normalized spacial score (nSPS) is 23.1. The van der Waals surface area contributed by atoms with Crippen molar-refractivity contribution in [2.24, 2.45) is 11.7 Å². The van der Waals surface area contributed by atoms with Gasteiger partial charge in [-0.25, -0.2) is 4.98 Å². The maximum Gasteiger partial charge on any atom is 0.274 e. The molecule has 2 atom stereocenters. The lowest BCUT2D eigenvalue weighted by molar-refractivity contribution is 0.0693. The Labute approximate surface area is 107 Å². The Balaban J connectivity index is 2.11. The fraction of sp³-hybridized carbons (Fsp3) is 0.615. The Bertz CT molecular complexity index is 418. The first kappa shape index (κ1) is 13.0. The average Bonchev–Trinajstić information content (AvgIpc) is 2.86. The van der Waals surface area contributed by atoms with Gasteiger partial charge in [0.25, 0.3) is 5.91 Å². The van der Waals surface area contributed by atoms with Crippen molar-refractivity contribution >= 4 is 5.91 Å². The van der Waals surface area contributed by atoms with Crippen LogP contribution in [-0.4, -0.2) is 40.4 Å². The second kappa shape index (κ2) is 5.44. The van der Waals surface area contributed by atoms with E-state index in [-0.39, 0.29) is 11.9 Å². The van der Waals surface area contributed by atoms with E-state index < -0.39 is 0 Å². The second-order valence-corrected chi connectivity index (χ2v) is 4.95. The first-order valence-corrected chi connectivity index (χ1v) is 6.39. The molecule has 5 nitrogen and oxygen atoms in total. The monoisotopic (exact) mass is 248 g/mol. The highest BCUT2D eigenvalue weighted by atomic mass is 16.2. The molecule has 2 N–H and O–H groups in total. The molecule has 0 aliphatic heterocycles. The molecule has 0 saturated heterocycles. The van der Waals surface area contributed by atoms with Crippen LogP contribution < -0.4 is 5.73 Å². The summed E-state index contributed by atoms with van der Waals surface area (Å²) >= 11 is 0. The van der Waals surface area contributed by atoms with Gasteiger partial charge in [-0.3, -0.25) is 9.78 Å². The number of aryl methyl sites for hydroxylation is 1. The predicted octanol–water partition coefficient (Wildman–Crippen LogP) is 0.984. The van der Waals surface area contributed by atoms with E-state index >= 15 is 0 Å². The molecule has 0 bridgehead atoms. The van der Waals surface area contributed by atoms with E-state index in [9.17, 15) is 4.79 Å². The van der Waals surface area contributed by atoms with E-state index in [4.69, 9.17) is 5.73 Å². The minimum Gasteiger partial charge on any atom is -0.337 e. The van der Waals surface area contributed by atoms with E-state index in [0.717, 1.165) is 25.0 Å². The molecular formula is C13H20N4O. The smallest absolute Gasteiger partial charge is 0.274 e. The summed E-state index contributed by atoms with van der Waals surface area (Å²) in [6.07, 6.45) is 6.45. The molecule has 5 heteroatoms. The lowest BCUT2D eigenvalue weighted by Crippen LogP contribution is -2.41. The van der Waals surface area contributed by atoms with Crippen LogP contribution in [0.5, 0.6) is 0 Å². The van der Waals surface area contributed by atoms with E-state index in [2.05, 4.69) is 9.97 Å². The summed E-state index contributed by atoms with van der Waals surface area (Å²) in [6.45, 7) is 2.49. The van der Waals surface area contributed by atoms with Gasteiger partial charge in [-0.15, -0.1) is 0 Å². The molecule has 1 aliphatic carbocycles. The van der Waals surface area contributed by atoms with Crippen LogP contribution in [-0.2, 0) is 0 Å². The number of carbonyl (C=O) groups excluding carboxylic acids is 1. The molecule has 1 aliphatic rings. The van der Waals surface area contributed by atoms with Gasteiger partial charge in [0, 0.05) is 19.3 Å². The SMILES string of the molecule is Cc1cnc(C(=O)N(C)C2CCCC2CN)cn1. The highest BCUT2D eigenvalue weighted by Gasteiger charge is 2.32. The number of nitrogens with two attached hydrogens (primary N) is 1. The first-order valence-electron chi connectivity index (χ1n) is 6.39. The van der Waals surface area contributed by atoms with Crippen LogP contribution >= 0.6 is 0 Å². The van der Waals surface area contributed by atoms with Crippen LogP contribution in [0, 0.1) is 12.8 Å². The van der Waals surface area contributed by atoms with Crippen molar-refractivity contribution in [3.8, 4) is 0 Å². The second-order valence-electron chi connectivity index (χ2n) is 4.95. The summed E-state index contributed by atoms with van der Waals surface area (Å²) in [5, 5.41) is 0. The van der Waals surface area contributed by atoms with Crippen molar-refractivity contribution < 1.29 is 4.79 Å². The quantitative estimate of drug-likeness (QED) is 0.865. The lowest BCUT2D eigenvalue weighted by atomic mass is 10.0. The number of carbonyl (C=O) groups is 1. The Kier molecular flexibility index (Phi) is 3.91. The van der Waals surface area contributed by atoms with Gasteiger partial charge in [-0.1, -0.05) is 6.42 Å². The molecular weight excluding hydrogens is 228 g/mol. The van der Waals surface area contributed by atoms with Crippen LogP contribution in [0.15, 0.2) is 12.4 Å². The minimum absolute atomic E-state index is 0.0622. The lowest BCUT2D eigenvalue weighted by Gasteiger charge is -2.28. The van der Waals surface area contributed by atoms with Gasteiger partial charge in [0.2, 0.25) is 0 Å². The minimum atomic E-state index is -0.0622. The van der Waals surface area contributed by atoms with E-state index in [1.807, 2.05) is 14.0 Å². The Morgan fingerprint density at radius 1 is 1.44 bits per heavy atom. The molecule has 18 heavy (non-hydrogen) atoms. The third-order valence-corrected chi connectivity index (χ3v) is 3.74. The number of aromatic nitrogens is 2. The highest BCUT2D eigenvalue weighted by Crippen LogP contribution is 2.29. The van der Waals surface area contributed by atoms with Crippen molar-refractivity contribution in [2.75, 3.05) is 13.6 Å². The van der Waals surface area contributed by atoms with Gasteiger partial charge in [0.1, 0.15) is 5.69 Å². The number of rotatable bonds is 3. The predicted molar refractivity (Wildman–Crippen MR) is 69.0 cm³/mol. The standard InChI is InChI=1S/C13H20N4O/c1-9-7-16-11(8-15-9)13(18)17(2)12-5-3-4-10(12)6-14/h7-8,10,12H,3-6,14H2,1-2H3. The molecule has 1 amide bonds. The zero-order chi connectivity index (χ0) is 13.1. The maximum atomic E-state index is 12.3. The summed E-state index contributed by atoms with van der Waals surface area (Å²) in [6, 6.07) is 0.241. The maximum absolute atomic E-state index is 12.3. The van der Waals surface area contributed by atoms with Crippen LogP contribution in [0.25, 0.3) is 0 Å². The van der Waals surface area contributed by atoms with E-state index in [0.29, 0.717) is 18.2 Å². The van der Waals surface area contributed by atoms with Crippen molar-refractivity contribution in [3.05, 3.63) is 23.8 Å². The molecule has 1 fully saturated rings. The fourth-order valence-corrected chi connectivity index (χ4v) is 2.64. The average molecular weight is 248 g/mol. The molecule has 1 heterocycles. The van der Waals surface area contributed by atoms with Crippen molar-refractivity contribution in [3.63, 3.8) is 0 Å². The Hall–Kier alpha value is -1.49. The van der Waals surface area contributed by atoms with Crippen LogP contribution in [0.4, 0.5) is 0 Å². The number of hydrogen-bond donors (Lipinski definition) is 1. The van der Waals surface area contributed by atoms with Crippen LogP contribution in [0.2, 0.25) is 0 Å². The summed E-state index contributed by atoms with van der Waals surface area (Å²) < 4.78 is 0. The topological polar surface area (TPSA) is 72.1 Å². The molecule has 0 aromatic carbocycles. The summed E-state index contributed by atoms with van der Waals surface area (Å²) in [5.41, 5.74) is 6.98. The Morgan fingerprint density at radius 3 is 2.83 bits per heavy atom. The van der Waals surface area contributed by atoms with Gasteiger partial charge in [0.05, 0.1) is 11.9 Å². The number of nitrogens with zero attached hydrogens (tertiary/aromatic N) is 3. The molecule has 1 saturated carbocycles. The third kappa shape index (κ3) is 2.51. The molecule has 98 valence electrons. The van der Waals surface area contributed by atoms with E-state index in [1.165, 1.54) is 0 Å². The number of hydrogen-bond acceptors (Lipinski definition) is 4. The van der Waals surface area contributed by atoms with Gasteiger partial charge in [-0.2, -0.15) is 0 Å². The fourth-order valence-electron chi connectivity index (χ4n) is 2.64. The molecule has 1 aromatic heterocycles. The van der Waals surface area contributed by atoms with Gasteiger partial charge < -0.3 is 10.6 Å². The van der Waals surface area contributed by atoms with E-state index in [1.54, 1.807) is 17.3 Å². The van der Waals surface area contributed by atoms with Gasteiger partial charge in [0.15, 0.2) is 0 Å². The largest absolute Gasteiger partial charge is 0.337 e. The van der Waals surface area contributed by atoms with Crippen molar-refractivity contribution in [1.82, 2.24) is 14.9 Å². The highest BCUT2D eigenvalue weighted by molar-refractivity contribution is 5.92. The number of amides is 1. The van der Waals surface area contributed by atoms with Gasteiger partial charge in [-0.05, 0) is 32.2 Å². The molecule has 2 unspecified atom stereocenters. The molecule has 2 rings (SSSR count). The van der Waals surface area contributed by atoms with Crippen LogP contribution in [0.1, 0.15) is 35.4 Å². The zero-order valence-electron chi connectivity index (χ0n) is 11.0. The van der Waals surface area contributed by atoms with Crippen molar-refractivity contribution in [2.45, 2.75) is 32.2 Å². The Morgan fingerprint density at radius 2 is 2.22 bits per heavy atom. The molecule has 0 spiro atoms. The van der Waals surface area contributed by atoms with Crippen LogP contribution in [0.3, 0.4) is 0 Å². The van der Waals surface area contributed by atoms with Crippen molar-refractivity contribution in [1.29, 1.82) is 0 Å². The third-order valence-electron chi connectivity index (χ3n) is 3.74.